The molecule has 7 nitrogen and oxygen atoms in total. The van der Waals surface area contributed by atoms with Crippen LogP contribution in [0.4, 0.5) is 0 Å². The van der Waals surface area contributed by atoms with Gasteiger partial charge in [0.15, 0.2) is 0 Å². The Bertz CT molecular complexity index is 811. The number of benzene rings is 1. The molecule has 0 amide bonds. The van der Waals surface area contributed by atoms with E-state index in [0.29, 0.717) is 6.61 Å². The first-order chi connectivity index (χ1) is 13.0. The average molecular weight is 370 g/mol. The fourth-order valence-electron chi connectivity index (χ4n) is 4.06. The monoisotopic (exact) mass is 370 g/mol. The molecule has 1 aromatic heterocycles. The molecule has 7 heteroatoms. The Morgan fingerprint density at radius 1 is 1.41 bits per heavy atom. The first kappa shape index (κ1) is 18.2. The molecule has 3 atom stereocenters. The van der Waals surface area contributed by atoms with Gasteiger partial charge < -0.3 is 15.2 Å². The zero-order valence-electron chi connectivity index (χ0n) is 15.8. The molecule has 0 bridgehead atoms. The summed E-state index contributed by atoms with van der Waals surface area (Å²) >= 11 is 0. The van der Waals surface area contributed by atoms with Gasteiger partial charge in [-0.1, -0.05) is 29.8 Å². The predicted octanol–water partition coefficient (Wildman–Crippen LogP) is 1.54. The smallest absolute Gasteiger partial charge is 0.327 e. The fraction of sp³-hybridized carbons (Fsp3) is 0.500. The summed E-state index contributed by atoms with van der Waals surface area (Å²) in [7, 11) is 1.39. The summed E-state index contributed by atoms with van der Waals surface area (Å²) in [6, 6.07) is 8.64. The summed E-state index contributed by atoms with van der Waals surface area (Å²) < 4.78 is 12.5. The van der Waals surface area contributed by atoms with Gasteiger partial charge in [0.2, 0.25) is 0 Å². The van der Waals surface area contributed by atoms with Crippen molar-refractivity contribution in [3.63, 3.8) is 0 Å². The normalized spacial score (nSPS) is 25.4. The molecule has 2 aliphatic heterocycles. The van der Waals surface area contributed by atoms with Crippen molar-refractivity contribution in [1.82, 2.24) is 14.7 Å². The van der Waals surface area contributed by atoms with Crippen LogP contribution in [0.3, 0.4) is 0 Å². The van der Waals surface area contributed by atoms with Crippen LogP contribution in [0.1, 0.15) is 34.9 Å². The standard InChI is InChI=1S/C20H26N4O3/c1-13-4-3-5-14(6-13)20-17(21)7-16(12-27-20)23-8-15-9-24(11-19(25)26-2)22-18(15)10-23/h3-6,9,16-17,20H,7-8,10-12,21H2,1-2H3. The first-order valence-corrected chi connectivity index (χ1v) is 9.33. The van der Waals surface area contributed by atoms with Crippen LogP contribution < -0.4 is 5.73 Å². The fourth-order valence-corrected chi connectivity index (χ4v) is 4.06. The van der Waals surface area contributed by atoms with Gasteiger partial charge in [-0.25, -0.2) is 0 Å². The van der Waals surface area contributed by atoms with Crippen LogP contribution in [0.15, 0.2) is 30.5 Å². The van der Waals surface area contributed by atoms with E-state index in [1.54, 1.807) is 4.68 Å². The highest BCUT2D eigenvalue weighted by Crippen LogP contribution is 2.33. The highest BCUT2D eigenvalue weighted by molar-refractivity contribution is 5.68. The van der Waals surface area contributed by atoms with Crippen molar-refractivity contribution in [2.45, 2.75) is 51.2 Å². The molecule has 1 aromatic carbocycles. The van der Waals surface area contributed by atoms with E-state index in [4.69, 9.17) is 15.2 Å². The van der Waals surface area contributed by atoms with E-state index in [2.05, 4.69) is 41.2 Å². The molecule has 1 fully saturated rings. The summed E-state index contributed by atoms with van der Waals surface area (Å²) in [5.41, 5.74) is 11.0. The molecule has 2 aliphatic rings. The Balaban J connectivity index is 1.37. The number of hydrogen-bond acceptors (Lipinski definition) is 6. The van der Waals surface area contributed by atoms with E-state index in [9.17, 15) is 4.79 Å². The summed E-state index contributed by atoms with van der Waals surface area (Å²) in [6.07, 6.45) is 2.78. The van der Waals surface area contributed by atoms with E-state index in [1.165, 1.54) is 12.7 Å². The Morgan fingerprint density at radius 2 is 2.26 bits per heavy atom. The molecular formula is C20H26N4O3. The minimum Gasteiger partial charge on any atom is -0.468 e. The molecule has 3 heterocycles. The summed E-state index contributed by atoms with van der Waals surface area (Å²) in [6.45, 7) is 4.48. The number of nitrogens with two attached hydrogens (primary N) is 1. The number of methoxy groups -OCH3 is 1. The molecule has 0 aliphatic carbocycles. The van der Waals surface area contributed by atoms with Crippen molar-refractivity contribution >= 4 is 5.97 Å². The number of esters is 1. The second-order valence-corrected chi connectivity index (χ2v) is 7.50. The van der Waals surface area contributed by atoms with Crippen molar-refractivity contribution in [3.8, 4) is 0 Å². The Kier molecular flexibility index (Phi) is 4.99. The largest absolute Gasteiger partial charge is 0.468 e. The van der Waals surface area contributed by atoms with Gasteiger partial charge in [-0.3, -0.25) is 14.4 Å². The lowest BCUT2D eigenvalue weighted by atomic mass is 9.93. The zero-order valence-corrected chi connectivity index (χ0v) is 15.8. The Hall–Kier alpha value is -2.22. The lowest BCUT2D eigenvalue weighted by Gasteiger charge is -2.38. The van der Waals surface area contributed by atoms with Crippen LogP contribution in [0, 0.1) is 6.92 Å². The number of ether oxygens (including phenoxy) is 2. The number of aromatic nitrogens is 2. The Labute approximate surface area is 159 Å². The highest BCUT2D eigenvalue weighted by Gasteiger charge is 2.36. The quantitative estimate of drug-likeness (QED) is 0.822. The molecule has 144 valence electrons. The maximum atomic E-state index is 11.4. The molecule has 0 spiro atoms. The number of hydrogen-bond donors (Lipinski definition) is 1. The van der Waals surface area contributed by atoms with Crippen molar-refractivity contribution < 1.29 is 14.3 Å². The lowest BCUT2D eigenvalue weighted by molar-refractivity contribution is -0.141. The van der Waals surface area contributed by atoms with E-state index in [0.717, 1.165) is 36.3 Å². The molecule has 2 aromatic rings. The van der Waals surface area contributed by atoms with Crippen molar-refractivity contribution in [2.24, 2.45) is 5.73 Å². The maximum absolute atomic E-state index is 11.4. The molecule has 0 radical (unpaired) electrons. The summed E-state index contributed by atoms with van der Waals surface area (Å²) in [4.78, 5) is 13.8. The average Bonchev–Trinajstić information content (AvgIpc) is 3.20. The van der Waals surface area contributed by atoms with Gasteiger partial charge >= 0.3 is 5.97 Å². The van der Waals surface area contributed by atoms with Crippen LogP contribution >= 0.6 is 0 Å². The van der Waals surface area contributed by atoms with E-state index < -0.39 is 0 Å². The third-order valence-electron chi connectivity index (χ3n) is 5.46. The molecule has 1 saturated heterocycles. The SMILES string of the molecule is COC(=O)Cn1cc2c(n1)CN(C1COC(c3cccc(C)c3)C(N)C1)C2. The number of fused-ring (bicyclic) bond motifs is 1. The number of carbonyl (C=O) groups excluding carboxylic acids is 1. The van der Waals surface area contributed by atoms with E-state index in [1.807, 2.05) is 6.20 Å². The molecule has 4 rings (SSSR count). The molecule has 27 heavy (non-hydrogen) atoms. The summed E-state index contributed by atoms with van der Waals surface area (Å²) in [5.74, 6) is -0.290. The lowest BCUT2D eigenvalue weighted by Crippen LogP contribution is -2.47. The van der Waals surface area contributed by atoms with Crippen molar-refractivity contribution in [3.05, 3.63) is 52.8 Å². The highest BCUT2D eigenvalue weighted by atomic mass is 16.5. The zero-order chi connectivity index (χ0) is 19.0. The minimum absolute atomic E-state index is 0.0299. The van der Waals surface area contributed by atoms with Crippen LogP contribution in [0.2, 0.25) is 0 Å². The van der Waals surface area contributed by atoms with E-state index in [-0.39, 0.29) is 30.7 Å². The summed E-state index contributed by atoms with van der Waals surface area (Å²) in [5, 5.41) is 4.52. The van der Waals surface area contributed by atoms with Crippen molar-refractivity contribution in [1.29, 1.82) is 0 Å². The third-order valence-corrected chi connectivity index (χ3v) is 5.46. The van der Waals surface area contributed by atoms with Gasteiger partial charge in [0.05, 0.1) is 25.5 Å². The number of aryl methyl sites for hydroxylation is 1. The third kappa shape index (κ3) is 3.76. The van der Waals surface area contributed by atoms with E-state index >= 15 is 0 Å². The molecule has 0 saturated carbocycles. The first-order valence-electron chi connectivity index (χ1n) is 9.33. The second kappa shape index (κ2) is 7.42. The second-order valence-electron chi connectivity index (χ2n) is 7.50. The maximum Gasteiger partial charge on any atom is 0.327 e. The molecule has 2 N–H and O–H groups in total. The van der Waals surface area contributed by atoms with Crippen LogP contribution in [0.25, 0.3) is 0 Å². The van der Waals surface area contributed by atoms with Gasteiger partial charge in [0.1, 0.15) is 6.54 Å². The Morgan fingerprint density at radius 3 is 2.96 bits per heavy atom. The topological polar surface area (TPSA) is 82.6 Å². The van der Waals surface area contributed by atoms with Gasteiger partial charge in [-0.15, -0.1) is 0 Å². The van der Waals surface area contributed by atoms with Crippen LogP contribution in [0.5, 0.6) is 0 Å². The van der Waals surface area contributed by atoms with Gasteiger partial charge in [0, 0.05) is 36.9 Å². The number of rotatable bonds is 4. The number of carbonyl (C=O) groups is 1. The van der Waals surface area contributed by atoms with Crippen molar-refractivity contribution in [2.75, 3.05) is 13.7 Å². The van der Waals surface area contributed by atoms with Gasteiger partial charge in [-0.05, 0) is 18.9 Å². The molecule has 3 unspecified atom stereocenters. The predicted molar refractivity (Wildman–Crippen MR) is 99.7 cm³/mol. The minimum atomic E-state index is -0.290. The molecular weight excluding hydrogens is 344 g/mol. The van der Waals surface area contributed by atoms with Gasteiger partial charge in [-0.2, -0.15) is 5.10 Å². The number of nitrogens with zero attached hydrogens (tertiary/aromatic N) is 3. The van der Waals surface area contributed by atoms with Crippen LogP contribution in [-0.4, -0.2) is 46.5 Å². The van der Waals surface area contributed by atoms with Crippen LogP contribution in [-0.2, 0) is 33.9 Å². The van der Waals surface area contributed by atoms with Gasteiger partial charge in [0.25, 0.3) is 0 Å².